The molecule has 0 aromatic carbocycles. The van der Waals surface area contributed by atoms with Gasteiger partial charge in [-0.15, -0.1) is 11.3 Å². The van der Waals surface area contributed by atoms with E-state index in [1.54, 1.807) is 0 Å². The van der Waals surface area contributed by atoms with Crippen LogP contribution in [-0.2, 0) is 4.74 Å². The Balaban J connectivity index is 2.95. The quantitative estimate of drug-likeness (QED) is 0.549. The van der Waals surface area contributed by atoms with Crippen LogP contribution in [0.3, 0.4) is 0 Å². The van der Waals surface area contributed by atoms with Gasteiger partial charge in [-0.1, -0.05) is 0 Å². The number of halogens is 1. The van der Waals surface area contributed by atoms with Crippen molar-refractivity contribution in [1.82, 2.24) is 0 Å². The van der Waals surface area contributed by atoms with Gasteiger partial charge >= 0.3 is 0 Å². The van der Waals surface area contributed by atoms with Crippen molar-refractivity contribution in [3.63, 3.8) is 0 Å². The number of ether oxygens (including phenoxy) is 1. The van der Waals surface area contributed by atoms with E-state index in [9.17, 15) is 14.0 Å². The van der Waals surface area contributed by atoms with Gasteiger partial charge in [-0.05, 0) is 0 Å². The minimum absolute atomic E-state index is 0.0561. The zero-order valence-electron chi connectivity index (χ0n) is 6.87. The number of carbonyl (C=O) groups is 2. The summed E-state index contributed by atoms with van der Waals surface area (Å²) in [4.78, 5) is 21.3. The fourth-order valence-corrected chi connectivity index (χ4v) is 1.58. The molecule has 0 amide bonds. The van der Waals surface area contributed by atoms with Crippen molar-refractivity contribution in [1.29, 1.82) is 0 Å². The first kappa shape index (κ1) is 10.0. The van der Waals surface area contributed by atoms with Crippen molar-refractivity contribution in [2.75, 3.05) is 13.7 Å². The number of methoxy groups -OCH3 is 1. The molecule has 1 aromatic rings. The molecular weight excluding hydrogens is 195 g/mol. The van der Waals surface area contributed by atoms with E-state index in [-0.39, 0.29) is 17.0 Å². The second-order valence-corrected chi connectivity index (χ2v) is 3.21. The molecule has 0 aliphatic carbocycles. The summed E-state index contributed by atoms with van der Waals surface area (Å²) in [5.74, 6) is -1.20. The highest BCUT2D eigenvalue weighted by Gasteiger charge is 2.16. The van der Waals surface area contributed by atoms with E-state index in [0.29, 0.717) is 6.29 Å². The number of thiophene rings is 1. The van der Waals surface area contributed by atoms with Crippen LogP contribution in [-0.4, -0.2) is 25.8 Å². The maximum absolute atomic E-state index is 13.1. The highest BCUT2D eigenvalue weighted by molar-refractivity contribution is 7.12. The molecule has 13 heavy (non-hydrogen) atoms. The maximum atomic E-state index is 13.1. The highest BCUT2D eigenvalue weighted by Crippen LogP contribution is 2.19. The average molecular weight is 202 g/mol. The molecule has 0 radical (unpaired) electrons. The van der Waals surface area contributed by atoms with Gasteiger partial charge in [0.2, 0.25) is 0 Å². The number of ketones is 1. The van der Waals surface area contributed by atoms with Crippen LogP contribution >= 0.6 is 11.3 Å². The summed E-state index contributed by atoms with van der Waals surface area (Å²) in [6.07, 6.45) is 0.392. The van der Waals surface area contributed by atoms with Crippen LogP contribution in [0.5, 0.6) is 0 Å². The Hall–Kier alpha value is -1.07. The molecule has 0 unspecified atom stereocenters. The lowest BCUT2D eigenvalue weighted by atomic mass is 10.2. The van der Waals surface area contributed by atoms with Crippen molar-refractivity contribution in [2.45, 2.75) is 0 Å². The number of Topliss-reactive ketones (excluding diaryl/α,β-unsaturated/α-hetero) is 1. The van der Waals surface area contributed by atoms with Crippen molar-refractivity contribution in [3.8, 4) is 0 Å². The monoisotopic (exact) mass is 202 g/mol. The molecule has 0 bridgehead atoms. The molecule has 0 saturated carbocycles. The first-order valence-corrected chi connectivity index (χ1v) is 4.33. The summed E-state index contributed by atoms with van der Waals surface area (Å²) in [6.45, 7) is -0.175. The smallest absolute Gasteiger partial charge is 0.192 e. The molecule has 5 heteroatoms. The summed E-state index contributed by atoms with van der Waals surface area (Å²) in [6, 6.07) is 0. The Bertz CT molecular complexity index is 332. The Morgan fingerprint density at radius 2 is 2.46 bits per heavy atom. The Morgan fingerprint density at radius 3 is 2.92 bits per heavy atom. The molecule has 70 valence electrons. The van der Waals surface area contributed by atoms with Crippen LogP contribution in [0.2, 0.25) is 0 Å². The number of hydrogen-bond donors (Lipinski definition) is 0. The summed E-state index contributed by atoms with van der Waals surface area (Å²) in [7, 11) is 1.35. The van der Waals surface area contributed by atoms with Crippen LogP contribution < -0.4 is 0 Å². The lowest BCUT2D eigenvalue weighted by Gasteiger charge is -1.95. The van der Waals surface area contributed by atoms with Crippen molar-refractivity contribution >= 4 is 23.4 Å². The molecule has 1 heterocycles. The van der Waals surface area contributed by atoms with Gasteiger partial charge in [-0.25, -0.2) is 4.39 Å². The fraction of sp³-hybridized carbons (Fsp3) is 0.250. The molecule has 3 nitrogen and oxygen atoms in total. The zero-order chi connectivity index (χ0) is 9.84. The van der Waals surface area contributed by atoms with E-state index < -0.39 is 11.6 Å². The maximum Gasteiger partial charge on any atom is 0.192 e. The Labute approximate surface area is 78.1 Å². The van der Waals surface area contributed by atoms with Crippen LogP contribution in [0, 0.1) is 5.82 Å². The van der Waals surface area contributed by atoms with Gasteiger partial charge in [0, 0.05) is 12.5 Å². The number of aldehydes is 1. The molecule has 1 aromatic heterocycles. The minimum Gasteiger partial charge on any atom is -0.377 e. The number of hydrogen-bond acceptors (Lipinski definition) is 4. The first-order chi connectivity index (χ1) is 6.20. The van der Waals surface area contributed by atoms with Gasteiger partial charge in [0.25, 0.3) is 0 Å². The van der Waals surface area contributed by atoms with Crippen LogP contribution in [0.25, 0.3) is 0 Å². The van der Waals surface area contributed by atoms with Crippen molar-refractivity contribution < 1.29 is 18.7 Å². The molecule has 0 saturated heterocycles. The van der Waals surface area contributed by atoms with E-state index in [2.05, 4.69) is 4.74 Å². The van der Waals surface area contributed by atoms with E-state index >= 15 is 0 Å². The van der Waals surface area contributed by atoms with Gasteiger partial charge in [-0.3, -0.25) is 9.59 Å². The lowest BCUT2D eigenvalue weighted by molar-refractivity contribution is 0.0844. The average Bonchev–Trinajstić information content (AvgIpc) is 2.47. The summed E-state index contributed by atoms with van der Waals surface area (Å²) >= 11 is 0.911. The van der Waals surface area contributed by atoms with Crippen molar-refractivity contribution in [2.24, 2.45) is 0 Å². The number of rotatable bonds is 4. The van der Waals surface area contributed by atoms with E-state index in [1.807, 2.05) is 0 Å². The first-order valence-electron chi connectivity index (χ1n) is 3.45. The van der Waals surface area contributed by atoms with Crippen LogP contribution in [0.15, 0.2) is 5.38 Å². The fourth-order valence-electron chi connectivity index (χ4n) is 0.835. The molecule has 1 rings (SSSR count). The second-order valence-electron chi connectivity index (χ2n) is 2.30. The lowest BCUT2D eigenvalue weighted by Crippen LogP contribution is -2.07. The van der Waals surface area contributed by atoms with Crippen molar-refractivity contribution in [3.05, 3.63) is 21.6 Å². The largest absolute Gasteiger partial charge is 0.377 e. The second kappa shape index (κ2) is 4.25. The van der Waals surface area contributed by atoms with Gasteiger partial charge in [0.15, 0.2) is 17.9 Å². The topological polar surface area (TPSA) is 43.4 Å². The van der Waals surface area contributed by atoms with E-state index in [4.69, 9.17) is 0 Å². The third-order valence-corrected chi connectivity index (χ3v) is 2.32. The van der Waals surface area contributed by atoms with E-state index in [0.717, 1.165) is 11.3 Å². The minimum atomic E-state index is -0.748. The molecule has 0 spiro atoms. The van der Waals surface area contributed by atoms with Gasteiger partial charge < -0.3 is 4.74 Å². The normalized spacial score (nSPS) is 10.0. The third-order valence-electron chi connectivity index (χ3n) is 1.44. The Morgan fingerprint density at radius 1 is 1.77 bits per heavy atom. The summed E-state index contributed by atoms with van der Waals surface area (Å²) in [5, 5.41) is 1.32. The molecule has 0 aliphatic rings. The standard InChI is InChI=1S/C8H7FO3S/c1-12-3-6(11)5-4-13-7(2-10)8(5)9/h2,4H,3H2,1H3. The highest BCUT2D eigenvalue weighted by atomic mass is 32.1. The molecule has 0 N–H and O–H groups in total. The zero-order valence-corrected chi connectivity index (χ0v) is 7.69. The molecule has 0 fully saturated rings. The Kier molecular flexibility index (Phi) is 3.27. The van der Waals surface area contributed by atoms with E-state index in [1.165, 1.54) is 12.5 Å². The predicted molar refractivity (Wildman–Crippen MR) is 45.9 cm³/mol. The molecule has 0 atom stereocenters. The summed E-state index contributed by atoms with van der Waals surface area (Å²) in [5.41, 5.74) is -0.0750. The third kappa shape index (κ3) is 1.99. The molecule has 0 aliphatic heterocycles. The molecular formula is C8H7FO3S. The SMILES string of the molecule is COCC(=O)c1csc(C=O)c1F. The van der Waals surface area contributed by atoms with Crippen LogP contribution in [0.4, 0.5) is 4.39 Å². The number of carbonyl (C=O) groups excluding carboxylic acids is 2. The predicted octanol–water partition coefficient (Wildman–Crippen LogP) is 1.53. The van der Waals surface area contributed by atoms with Gasteiger partial charge in [-0.2, -0.15) is 0 Å². The summed E-state index contributed by atoms with van der Waals surface area (Å²) < 4.78 is 17.7. The van der Waals surface area contributed by atoms with Gasteiger partial charge in [0.05, 0.1) is 5.56 Å². The van der Waals surface area contributed by atoms with Gasteiger partial charge in [0.1, 0.15) is 11.5 Å². The van der Waals surface area contributed by atoms with Crippen LogP contribution in [0.1, 0.15) is 20.0 Å².